The van der Waals surface area contributed by atoms with E-state index in [1.807, 2.05) is 54.6 Å². The van der Waals surface area contributed by atoms with Crippen molar-refractivity contribution < 1.29 is 24.2 Å². The number of benzene rings is 2. The molecule has 2 rings (SSSR count). The topological polar surface area (TPSA) is 92.7 Å². The van der Waals surface area contributed by atoms with Crippen LogP contribution in [-0.4, -0.2) is 35.6 Å². The van der Waals surface area contributed by atoms with E-state index in [0.29, 0.717) is 0 Å². The van der Waals surface area contributed by atoms with Crippen LogP contribution in [0.25, 0.3) is 11.1 Å². The Kier molecular flexibility index (Phi) is 6.28. The molecule has 0 heterocycles. The van der Waals surface area contributed by atoms with Crippen LogP contribution < -0.4 is 5.32 Å². The molecule has 25 heavy (non-hydrogen) atoms. The van der Waals surface area contributed by atoms with Gasteiger partial charge in [0.15, 0.2) is 6.61 Å². The van der Waals surface area contributed by atoms with E-state index in [0.717, 1.165) is 16.7 Å². The molecular formula is C19H19NO5. The van der Waals surface area contributed by atoms with Crippen molar-refractivity contribution in [3.63, 3.8) is 0 Å². The van der Waals surface area contributed by atoms with Crippen LogP contribution in [0, 0.1) is 0 Å². The van der Waals surface area contributed by atoms with Crippen molar-refractivity contribution in [3.8, 4) is 11.1 Å². The molecule has 0 fully saturated rings. The summed E-state index contributed by atoms with van der Waals surface area (Å²) in [7, 11) is 0. The number of carboxylic acid groups (broad SMARTS) is 1. The highest BCUT2D eigenvalue weighted by Gasteiger charge is 2.20. The van der Waals surface area contributed by atoms with E-state index in [-0.39, 0.29) is 6.42 Å². The minimum absolute atomic E-state index is 0.135. The molecule has 6 heteroatoms. The first-order chi connectivity index (χ1) is 12.0. The number of rotatable bonds is 7. The van der Waals surface area contributed by atoms with Crippen LogP contribution >= 0.6 is 0 Å². The number of carbonyl (C=O) groups is 3. The number of hydrogen-bond acceptors (Lipinski definition) is 4. The lowest BCUT2D eigenvalue weighted by molar-refractivity contribution is -0.148. The lowest BCUT2D eigenvalue weighted by Gasteiger charge is -2.15. The molecule has 6 nitrogen and oxygen atoms in total. The van der Waals surface area contributed by atoms with Crippen LogP contribution in [0.2, 0.25) is 0 Å². The fourth-order valence-electron chi connectivity index (χ4n) is 2.30. The summed E-state index contributed by atoms with van der Waals surface area (Å²) in [6.07, 6.45) is 0.135. The van der Waals surface area contributed by atoms with Crippen molar-refractivity contribution in [2.75, 3.05) is 6.61 Å². The second kappa shape index (κ2) is 8.63. The van der Waals surface area contributed by atoms with Gasteiger partial charge in [-0.2, -0.15) is 0 Å². The maximum atomic E-state index is 11.6. The normalized spacial score (nSPS) is 11.4. The zero-order valence-electron chi connectivity index (χ0n) is 13.8. The van der Waals surface area contributed by atoms with E-state index in [1.165, 1.54) is 6.92 Å². The van der Waals surface area contributed by atoms with Crippen LogP contribution in [0.3, 0.4) is 0 Å². The number of esters is 1. The Morgan fingerprint density at radius 2 is 1.60 bits per heavy atom. The van der Waals surface area contributed by atoms with E-state index >= 15 is 0 Å². The molecule has 2 N–H and O–H groups in total. The van der Waals surface area contributed by atoms with Crippen LogP contribution in [0.15, 0.2) is 54.6 Å². The van der Waals surface area contributed by atoms with Gasteiger partial charge in [0.1, 0.15) is 6.04 Å². The Labute approximate surface area is 145 Å². The van der Waals surface area contributed by atoms with E-state index < -0.39 is 30.5 Å². The summed E-state index contributed by atoms with van der Waals surface area (Å²) in [5.74, 6) is -2.40. The largest absolute Gasteiger partial charge is 0.480 e. The molecule has 0 aromatic heterocycles. The zero-order valence-corrected chi connectivity index (χ0v) is 13.8. The fourth-order valence-corrected chi connectivity index (χ4v) is 2.30. The molecule has 1 atom stereocenters. The van der Waals surface area contributed by atoms with E-state index in [4.69, 9.17) is 0 Å². The second-order valence-corrected chi connectivity index (χ2v) is 5.51. The third-order valence-electron chi connectivity index (χ3n) is 3.54. The molecule has 0 spiro atoms. The first-order valence-electron chi connectivity index (χ1n) is 7.75. The first-order valence-corrected chi connectivity index (χ1v) is 7.75. The molecule has 0 radical (unpaired) electrons. The maximum absolute atomic E-state index is 11.6. The van der Waals surface area contributed by atoms with E-state index in [1.54, 1.807) is 0 Å². The van der Waals surface area contributed by atoms with Gasteiger partial charge in [0, 0.05) is 13.3 Å². The molecule has 1 amide bonds. The average Bonchev–Trinajstić information content (AvgIpc) is 2.60. The number of carbonyl (C=O) groups excluding carboxylic acids is 2. The van der Waals surface area contributed by atoms with Crippen molar-refractivity contribution in [3.05, 3.63) is 60.2 Å². The van der Waals surface area contributed by atoms with Crippen LogP contribution in [0.4, 0.5) is 0 Å². The highest BCUT2D eigenvalue weighted by atomic mass is 16.5. The van der Waals surface area contributed by atoms with Crippen molar-refractivity contribution in [1.82, 2.24) is 5.32 Å². The molecule has 2 aromatic carbocycles. The quantitative estimate of drug-likeness (QED) is 0.752. The van der Waals surface area contributed by atoms with E-state index in [2.05, 4.69) is 10.1 Å². The summed E-state index contributed by atoms with van der Waals surface area (Å²) in [5.41, 5.74) is 2.87. The summed E-state index contributed by atoms with van der Waals surface area (Å²) < 4.78 is 4.56. The third-order valence-corrected chi connectivity index (χ3v) is 3.54. The smallest absolute Gasteiger partial charge is 0.326 e. The lowest BCUT2D eigenvalue weighted by atomic mass is 10.0. The Balaban J connectivity index is 2.01. The summed E-state index contributed by atoms with van der Waals surface area (Å²) in [6.45, 7) is 0.683. The molecule has 0 saturated heterocycles. The standard InChI is InChI=1S/C19H19NO5/c1-13(21)25-12-18(22)20-17(19(23)24)11-14-7-9-16(10-8-14)15-5-3-2-4-6-15/h2-10,17H,11-12H2,1H3,(H,20,22)(H,23,24)/t17-/m1/s1. The summed E-state index contributed by atoms with van der Waals surface area (Å²) in [5, 5.41) is 11.6. The van der Waals surface area contributed by atoms with E-state index in [9.17, 15) is 19.5 Å². The van der Waals surface area contributed by atoms with Gasteiger partial charge in [-0.3, -0.25) is 9.59 Å². The minimum atomic E-state index is -1.15. The maximum Gasteiger partial charge on any atom is 0.326 e. The Hall–Kier alpha value is -3.15. The predicted molar refractivity (Wildman–Crippen MR) is 91.8 cm³/mol. The van der Waals surface area contributed by atoms with Gasteiger partial charge in [0.2, 0.25) is 0 Å². The molecule has 0 saturated carbocycles. The Morgan fingerprint density at radius 3 is 2.16 bits per heavy atom. The minimum Gasteiger partial charge on any atom is -0.480 e. The van der Waals surface area contributed by atoms with Gasteiger partial charge in [-0.1, -0.05) is 54.6 Å². The van der Waals surface area contributed by atoms with Gasteiger partial charge in [0.05, 0.1) is 0 Å². The molecular weight excluding hydrogens is 322 g/mol. The highest BCUT2D eigenvalue weighted by molar-refractivity contribution is 5.85. The monoisotopic (exact) mass is 341 g/mol. The van der Waals surface area contributed by atoms with Crippen LogP contribution in [0.1, 0.15) is 12.5 Å². The molecule has 0 aliphatic carbocycles. The second-order valence-electron chi connectivity index (χ2n) is 5.51. The van der Waals surface area contributed by atoms with Gasteiger partial charge in [-0.15, -0.1) is 0 Å². The summed E-state index contributed by atoms with van der Waals surface area (Å²) in [4.78, 5) is 33.7. The third kappa shape index (κ3) is 5.76. The zero-order chi connectivity index (χ0) is 18.2. The number of ether oxygens (including phenoxy) is 1. The van der Waals surface area contributed by atoms with Crippen molar-refractivity contribution in [2.24, 2.45) is 0 Å². The van der Waals surface area contributed by atoms with Crippen molar-refractivity contribution in [1.29, 1.82) is 0 Å². The van der Waals surface area contributed by atoms with Crippen LogP contribution in [-0.2, 0) is 25.5 Å². The van der Waals surface area contributed by atoms with Gasteiger partial charge in [-0.05, 0) is 16.7 Å². The average molecular weight is 341 g/mol. The fraction of sp³-hybridized carbons (Fsp3) is 0.211. The number of hydrogen-bond donors (Lipinski definition) is 2. The molecule has 130 valence electrons. The molecule has 0 aliphatic heterocycles. The van der Waals surface area contributed by atoms with Crippen molar-refractivity contribution >= 4 is 17.8 Å². The van der Waals surface area contributed by atoms with Gasteiger partial charge >= 0.3 is 11.9 Å². The first kappa shape index (κ1) is 18.2. The summed E-state index contributed by atoms with van der Waals surface area (Å²) >= 11 is 0. The van der Waals surface area contributed by atoms with Crippen molar-refractivity contribution in [2.45, 2.75) is 19.4 Å². The Bertz CT molecular complexity index is 740. The molecule has 2 aromatic rings. The molecule has 0 aliphatic rings. The number of carboxylic acids is 1. The molecule has 0 bridgehead atoms. The SMILES string of the molecule is CC(=O)OCC(=O)N[C@H](Cc1ccc(-c2ccccc2)cc1)C(=O)O. The highest BCUT2D eigenvalue weighted by Crippen LogP contribution is 2.19. The van der Waals surface area contributed by atoms with Crippen LogP contribution in [0.5, 0.6) is 0 Å². The number of aliphatic carboxylic acids is 1. The Morgan fingerprint density at radius 1 is 1.00 bits per heavy atom. The van der Waals surface area contributed by atoms with Gasteiger partial charge in [-0.25, -0.2) is 4.79 Å². The number of nitrogens with one attached hydrogen (secondary N) is 1. The predicted octanol–water partition coefficient (Wildman–Crippen LogP) is 2.03. The lowest BCUT2D eigenvalue weighted by Crippen LogP contribution is -2.44. The van der Waals surface area contributed by atoms with Gasteiger partial charge in [0.25, 0.3) is 5.91 Å². The summed E-state index contributed by atoms with van der Waals surface area (Å²) in [6, 6.07) is 16.2. The number of amides is 1. The molecule has 0 unspecified atom stereocenters. The van der Waals surface area contributed by atoms with Gasteiger partial charge < -0.3 is 15.2 Å².